The quantitative estimate of drug-likeness (QED) is 0.517. The van der Waals surface area contributed by atoms with E-state index < -0.39 is 11.9 Å². The van der Waals surface area contributed by atoms with Crippen LogP contribution in [0, 0.1) is 0 Å². The molecule has 3 amide bonds. The van der Waals surface area contributed by atoms with Gasteiger partial charge in [0.1, 0.15) is 6.04 Å². The second kappa shape index (κ2) is 10.3. The van der Waals surface area contributed by atoms with Gasteiger partial charge in [0.2, 0.25) is 18.2 Å². The molecule has 1 aromatic rings. The number of aromatic nitrogens is 1. The highest BCUT2D eigenvalue weighted by molar-refractivity contribution is 5.87. The van der Waals surface area contributed by atoms with E-state index >= 15 is 0 Å². The maximum Gasteiger partial charge on any atom is 0.245 e. The Morgan fingerprint density at radius 2 is 2.19 bits per heavy atom. The minimum Gasteiger partial charge on any atom is -0.400 e. The smallest absolute Gasteiger partial charge is 0.245 e. The molecule has 0 saturated heterocycles. The molecule has 1 rings (SSSR count). The molecule has 0 aromatic carbocycles. The number of nitrogens with two attached hydrogens (primary N) is 1. The number of hydrogen-bond acceptors (Lipinski definition) is 5. The Kier molecular flexibility index (Phi) is 9.11. The number of likely N-dealkylation sites (N-methyl/N-ethyl adjacent to an activating group) is 1. The molecular weight excluding hydrogens is 276 g/mol. The Labute approximate surface area is 123 Å². The maximum absolute atomic E-state index is 12.0. The lowest BCUT2D eigenvalue weighted by molar-refractivity contribution is -0.136. The van der Waals surface area contributed by atoms with Gasteiger partial charge in [-0.3, -0.25) is 19.4 Å². The molecule has 1 aromatic heterocycles. The van der Waals surface area contributed by atoms with E-state index in [9.17, 15) is 14.4 Å². The molecule has 0 aliphatic carbocycles. The van der Waals surface area contributed by atoms with Crippen LogP contribution in [0.4, 0.5) is 0 Å². The van der Waals surface area contributed by atoms with Crippen LogP contribution in [-0.2, 0) is 20.8 Å². The molecule has 1 atom stereocenters. The van der Waals surface area contributed by atoms with Crippen LogP contribution in [0.15, 0.2) is 24.5 Å². The van der Waals surface area contributed by atoms with Crippen LogP contribution in [0.2, 0.25) is 0 Å². The zero-order valence-electron chi connectivity index (χ0n) is 12.0. The van der Waals surface area contributed by atoms with Crippen molar-refractivity contribution in [3.63, 3.8) is 0 Å². The second-order valence-corrected chi connectivity index (χ2v) is 4.06. The molecule has 0 aliphatic heterocycles. The minimum atomic E-state index is -0.744. The number of carbonyl (C=O) groups is 3. The predicted octanol–water partition coefficient (Wildman–Crippen LogP) is -1.71. The fourth-order valence-corrected chi connectivity index (χ4v) is 1.63. The molecule has 0 radical (unpaired) electrons. The van der Waals surface area contributed by atoms with Gasteiger partial charge in [0.15, 0.2) is 0 Å². The van der Waals surface area contributed by atoms with Gasteiger partial charge in [-0.1, -0.05) is 6.07 Å². The fourth-order valence-electron chi connectivity index (χ4n) is 1.63. The molecule has 0 fully saturated rings. The van der Waals surface area contributed by atoms with Crippen LogP contribution < -0.4 is 11.1 Å². The van der Waals surface area contributed by atoms with Crippen LogP contribution in [0.25, 0.3) is 0 Å². The summed E-state index contributed by atoms with van der Waals surface area (Å²) in [5.74, 6) is -0.989. The molecule has 0 bridgehead atoms. The molecule has 8 heteroatoms. The number of nitrogens with one attached hydrogen (secondary N) is 1. The van der Waals surface area contributed by atoms with Gasteiger partial charge < -0.3 is 21.1 Å². The molecular formula is C13H20N4O4. The van der Waals surface area contributed by atoms with E-state index in [0.29, 0.717) is 12.8 Å². The van der Waals surface area contributed by atoms with E-state index in [-0.39, 0.29) is 12.5 Å². The molecule has 21 heavy (non-hydrogen) atoms. The predicted molar refractivity (Wildman–Crippen MR) is 75.9 cm³/mol. The number of amides is 3. The number of nitrogens with zero attached hydrogens (tertiary/aromatic N) is 2. The van der Waals surface area contributed by atoms with Gasteiger partial charge in [-0.05, 0) is 11.6 Å². The van der Waals surface area contributed by atoms with Crippen molar-refractivity contribution in [3.8, 4) is 0 Å². The lowest BCUT2D eigenvalue weighted by Crippen LogP contribution is -2.48. The number of pyridine rings is 1. The van der Waals surface area contributed by atoms with Crippen molar-refractivity contribution in [2.24, 2.45) is 5.73 Å². The normalized spacial score (nSPS) is 10.6. The summed E-state index contributed by atoms with van der Waals surface area (Å²) < 4.78 is 0. The third-order valence-corrected chi connectivity index (χ3v) is 2.50. The molecule has 0 spiro atoms. The van der Waals surface area contributed by atoms with Gasteiger partial charge in [-0.25, -0.2) is 0 Å². The third-order valence-electron chi connectivity index (χ3n) is 2.50. The van der Waals surface area contributed by atoms with Gasteiger partial charge in [-0.2, -0.15) is 0 Å². The Balaban J connectivity index is 0.00000191. The van der Waals surface area contributed by atoms with Gasteiger partial charge in [0.25, 0.3) is 0 Å². The number of rotatable bonds is 7. The molecule has 4 N–H and O–H groups in total. The summed E-state index contributed by atoms with van der Waals surface area (Å²) >= 11 is 0. The number of carbonyl (C=O) groups excluding carboxylic acids is 3. The summed E-state index contributed by atoms with van der Waals surface area (Å²) in [5.41, 5.74) is 5.83. The second-order valence-electron chi connectivity index (χ2n) is 4.06. The van der Waals surface area contributed by atoms with Gasteiger partial charge >= 0.3 is 0 Å². The first-order valence-electron chi connectivity index (χ1n) is 6.11. The highest BCUT2D eigenvalue weighted by Crippen LogP contribution is 2.03. The van der Waals surface area contributed by atoms with Crippen LogP contribution in [0.1, 0.15) is 5.56 Å². The summed E-state index contributed by atoms with van der Waals surface area (Å²) in [6, 6.07) is 2.80. The largest absolute Gasteiger partial charge is 0.400 e. The Bertz CT molecular complexity index is 453. The van der Waals surface area contributed by atoms with Crippen LogP contribution in [0.3, 0.4) is 0 Å². The molecule has 0 unspecified atom stereocenters. The van der Waals surface area contributed by atoms with Crippen LogP contribution in [-0.4, -0.2) is 60.0 Å². The minimum absolute atomic E-state index is 0.192. The average Bonchev–Trinajstić information content (AvgIpc) is 2.48. The molecule has 116 valence electrons. The first-order valence-corrected chi connectivity index (χ1v) is 6.11. The highest BCUT2D eigenvalue weighted by atomic mass is 16.2. The average molecular weight is 296 g/mol. The highest BCUT2D eigenvalue weighted by Gasteiger charge is 2.22. The molecule has 0 saturated carbocycles. The van der Waals surface area contributed by atoms with Crippen molar-refractivity contribution in [2.75, 3.05) is 20.7 Å². The SMILES string of the molecule is CN(CC(N)=O)C(=O)[C@H](Cc1cccnc1)NC=O.CO. The van der Waals surface area contributed by atoms with Crippen molar-refractivity contribution in [1.82, 2.24) is 15.2 Å². The Hall–Kier alpha value is -2.48. The summed E-state index contributed by atoms with van der Waals surface area (Å²) in [6.07, 6.45) is 3.99. The zero-order valence-corrected chi connectivity index (χ0v) is 12.0. The van der Waals surface area contributed by atoms with Crippen molar-refractivity contribution in [3.05, 3.63) is 30.1 Å². The van der Waals surface area contributed by atoms with Gasteiger partial charge in [-0.15, -0.1) is 0 Å². The summed E-state index contributed by atoms with van der Waals surface area (Å²) in [5, 5.41) is 9.43. The maximum atomic E-state index is 12.0. The summed E-state index contributed by atoms with van der Waals surface area (Å²) in [4.78, 5) is 38.5. The van der Waals surface area contributed by atoms with Crippen LogP contribution >= 0.6 is 0 Å². The first kappa shape index (κ1) is 18.5. The van der Waals surface area contributed by atoms with Crippen molar-refractivity contribution in [2.45, 2.75) is 12.5 Å². The lowest BCUT2D eigenvalue weighted by atomic mass is 10.1. The van der Waals surface area contributed by atoms with E-state index in [1.807, 2.05) is 0 Å². The van der Waals surface area contributed by atoms with Crippen LogP contribution in [0.5, 0.6) is 0 Å². The monoisotopic (exact) mass is 296 g/mol. The summed E-state index contributed by atoms with van der Waals surface area (Å²) in [7, 11) is 2.45. The van der Waals surface area contributed by atoms with Crippen molar-refractivity contribution in [1.29, 1.82) is 0 Å². The topological polar surface area (TPSA) is 126 Å². The number of aliphatic hydroxyl groups excluding tert-OH is 1. The fraction of sp³-hybridized carbons (Fsp3) is 0.385. The Morgan fingerprint density at radius 3 is 2.67 bits per heavy atom. The Morgan fingerprint density at radius 1 is 1.52 bits per heavy atom. The number of primary amides is 1. The van der Waals surface area contributed by atoms with Gasteiger partial charge in [0.05, 0.1) is 6.54 Å². The standard InChI is InChI=1S/C12H16N4O3.CH4O/c1-16(7-11(13)18)12(19)10(15-8-17)5-9-3-2-4-14-6-9;1-2/h2-4,6,8,10H,5,7H2,1H3,(H2,13,18)(H,15,17);2H,1H3/t10-;/m0./s1. The van der Waals surface area contributed by atoms with Crippen molar-refractivity contribution >= 4 is 18.2 Å². The van der Waals surface area contributed by atoms with E-state index in [4.69, 9.17) is 10.8 Å². The number of aliphatic hydroxyl groups is 1. The van der Waals surface area contributed by atoms with Crippen molar-refractivity contribution < 1.29 is 19.5 Å². The van der Waals surface area contributed by atoms with E-state index in [2.05, 4.69) is 10.3 Å². The number of hydrogen-bond donors (Lipinski definition) is 3. The molecule has 1 heterocycles. The molecule has 0 aliphatic rings. The van der Waals surface area contributed by atoms with E-state index in [1.54, 1.807) is 24.5 Å². The third kappa shape index (κ3) is 7.02. The van der Waals surface area contributed by atoms with E-state index in [0.717, 1.165) is 12.7 Å². The van der Waals surface area contributed by atoms with Gasteiger partial charge in [0, 0.05) is 33.0 Å². The summed E-state index contributed by atoms with van der Waals surface area (Å²) in [6.45, 7) is -0.192. The first-order chi connectivity index (χ1) is 10.0. The van der Waals surface area contributed by atoms with E-state index in [1.165, 1.54) is 11.9 Å². The molecule has 8 nitrogen and oxygen atoms in total. The zero-order chi connectivity index (χ0) is 16.3. The lowest BCUT2D eigenvalue weighted by Gasteiger charge is -2.22.